The number of nitrogens with one attached hydrogen (secondary N) is 1. The van der Waals surface area contributed by atoms with Gasteiger partial charge in [-0.3, -0.25) is 4.98 Å². The summed E-state index contributed by atoms with van der Waals surface area (Å²) in [7, 11) is 0. The van der Waals surface area contributed by atoms with Gasteiger partial charge in [-0.25, -0.2) is 4.79 Å². The minimum atomic E-state index is -0.900. The third-order valence-electron chi connectivity index (χ3n) is 3.30. The number of carboxylic acid groups (broad SMARTS) is 1. The van der Waals surface area contributed by atoms with Crippen molar-refractivity contribution in [3.8, 4) is 0 Å². The summed E-state index contributed by atoms with van der Waals surface area (Å²) in [4.78, 5) is 16.5. The second kappa shape index (κ2) is 5.09. The molecule has 1 fully saturated rings. The molecule has 1 aliphatic heterocycles. The summed E-state index contributed by atoms with van der Waals surface area (Å²) >= 11 is 5.96. The van der Waals surface area contributed by atoms with E-state index in [2.05, 4.69) is 20.5 Å². The third-order valence-corrected chi connectivity index (χ3v) is 3.55. The lowest BCUT2D eigenvalue weighted by Crippen LogP contribution is -2.30. The van der Waals surface area contributed by atoms with E-state index in [0.717, 1.165) is 11.8 Å². The average Bonchev–Trinajstić information content (AvgIpc) is 2.91. The molecule has 0 spiro atoms. The fourth-order valence-electron chi connectivity index (χ4n) is 2.31. The lowest BCUT2D eigenvalue weighted by atomic mass is 10.2. The molecule has 20 heavy (non-hydrogen) atoms. The van der Waals surface area contributed by atoms with Crippen molar-refractivity contribution in [1.29, 1.82) is 0 Å². The quantitative estimate of drug-likeness (QED) is 0.878. The van der Waals surface area contributed by atoms with E-state index in [1.807, 2.05) is 6.07 Å². The summed E-state index contributed by atoms with van der Waals surface area (Å²) in [6, 6.07) is 3.67. The van der Waals surface area contributed by atoms with Crippen LogP contribution in [0.2, 0.25) is 5.15 Å². The van der Waals surface area contributed by atoms with Crippen LogP contribution in [0.15, 0.2) is 18.3 Å². The SMILES string of the molecule is O=C(O)N1CCC(Nc2nnc(Cl)c3ncccc23)C1. The van der Waals surface area contributed by atoms with Crippen LogP contribution in [0, 0.1) is 0 Å². The van der Waals surface area contributed by atoms with Gasteiger partial charge in [-0.1, -0.05) is 11.6 Å². The van der Waals surface area contributed by atoms with Crippen molar-refractivity contribution in [2.75, 3.05) is 18.4 Å². The van der Waals surface area contributed by atoms with Crippen LogP contribution in [0.4, 0.5) is 10.6 Å². The zero-order chi connectivity index (χ0) is 14.1. The molecule has 3 heterocycles. The monoisotopic (exact) mass is 293 g/mol. The highest BCUT2D eigenvalue weighted by Gasteiger charge is 2.26. The Morgan fingerprint density at radius 3 is 3.10 bits per heavy atom. The van der Waals surface area contributed by atoms with Crippen LogP contribution >= 0.6 is 11.6 Å². The maximum Gasteiger partial charge on any atom is 0.407 e. The van der Waals surface area contributed by atoms with Crippen molar-refractivity contribution < 1.29 is 9.90 Å². The smallest absolute Gasteiger partial charge is 0.407 e. The number of amides is 1. The highest BCUT2D eigenvalue weighted by atomic mass is 35.5. The number of anilines is 1. The second-order valence-corrected chi connectivity index (χ2v) is 4.96. The average molecular weight is 294 g/mol. The maximum absolute atomic E-state index is 10.9. The number of halogens is 1. The Hall–Kier alpha value is -2.15. The minimum Gasteiger partial charge on any atom is -0.465 e. The van der Waals surface area contributed by atoms with E-state index >= 15 is 0 Å². The molecule has 104 valence electrons. The first-order valence-electron chi connectivity index (χ1n) is 6.16. The molecular weight excluding hydrogens is 282 g/mol. The molecular formula is C12H12ClN5O2. The molecule has 2 aromatic heterocycles. The van der Waals surface area contributed by atoms with E-state index in [9.17, 15) is 4.79 Å². The highest BCUT2D eigenvalue weighted by Crippen LogP contribution is 2.25. The molecule has 7 nitrogen and oxygen atoms in total. The van der Waals surface area contributed by atoms with Gasteiger partial charge in [0.2, 0.25) is 0 Å². The lowest BCUT2D eigenvalue weighted by molar-refractivity contribution is 0.155. The number of pyridine rings is 1. The van der Waals surface area contributed by atoms with Gasteiger partial charge in [-0.15, -0.1) is 10.2 Å². The Labute approximate surface area is 119 Å². The van der Waals surface area contributed by atoms with Crippen molar-refractivity contribution in [3.05, 3.63) is 23.5 Å². The third kappa shape index (κ3) is 2.32. The van der Waals surface area contributed by atoms with Gasteiger partial charge in [0.25, 0.3) is 0 Å². The summed E-state index contributed by atoms with van der Waals surface area (Å²) in [5, 5.41) is 21.1. The summed E-state index contributed by atoms with van der Waals surface area (Å²) < 4.78 is 0. The van der Waals surface area contributed by atoms with Crippen molar-refractivity contribution in [2.45, 2.75) is 12.5 Å². The van der Waals surface area contributed by atoms with Crippen LogP contribution in [0.25, 0.3) is 10.9 Å². The Kier molecular flexibility index (Phi) is 3.27. The van der Waals surface area contributed by atoms with Gasteiger partial charge >= 0.3 is 6.09 Å². The van der Waals surface area contributed by atoms with E-state index in [-0.39, 0.29) is 11.2 Å². The maximum atomic E-state index is 10.9. The van der Waals surface area contributed by atoms with Gasteiger partial charge in [0.05, 0.1) is 0 Å². The van der Waals surface area contributed by atoms with Gasteiger partial charge in [0, 0.05) is 30.7 Å². The van der Waals surface area contributed by atoms with Gasteiger partial charge in [0.15, 0.2) is 11.0 Å². The van der Waals surface area contributed by atoms with Crippen LogP contribution in [-0.2, 0) is 0 Å². The standard InChI is InChI=1S/C12H12ClN5O2/c13-10-9-8(2-1-4-14-9)11(17-16-10)15-7-3-5-18(6-7)12(19)20/h1-2,4,7H,3,5-6H2,(H,15,17)(H,19,20). The van der Waals surface area contributed by atoms with Crippen molar-refractivity contribution in [3.63, 3.8) is 0 Å². The fraction of sp³-hybridized carbons (Fsp3) is 0.333. The van der Waals surface area contributed by atoms with Crippen LogP contribution in [0.5, 0.6) is 0 Å². The van der Waals surface area contributed by atoms with Gasteiger partial charge in [-0.05, 0) is 18.6 Å². The summed E-state index contributed by atoms with van der Waals surface area (Å²) in [6.45, 7) is 0.950. The van der Waals surface area contributed by atoms with E-state index in [4.69, 9.17) is 16.7 Å². The molecule has 0 aromatic carbocycles. The van der Waals surface area contributed by atoms with E-state index in [1.54, 1.807) is 12.3 Å². The van der Waals surface area contributed by atoms with Gasteiger partial charge in [0.1, 0.15) is 5.52 Å². The number of hydrogen-bond acceptors (Lipinski definition) is 5. The fourth-order valence-corrected chi connectivity index (χ4v) is 2.50. The number of rotatable bonds is 2. The van der Waals surface area contributed by atoms with E-state index in [1.165, 1.54) is 4.90 Å². The van der Waals surface area contributed by atoms with Crippen molar-refractivity contribution in [2.24, 2.45) is 0 Å². The van der Waals surface area contributed by atoms with Crippen LogP contribution in [0.1, 0.15) is 6.42 Å². The van der Waals surface area contributed by atoms with E-state index < -0.39 is 6.09 Å². The number of carbonyl (C=O) groups is 1. The molecule has 0 bridgehead atoms. The van der Waals surface area contributed by atoms with Gasteiger partial charge in [-0.2, -0.15) is 0 Å². The predicted octanol–water partition coefficient (Wildman–Crippen LogP) is 1.84. The molecule has 2 N–H and O–H groups in total. The number of aromatic nitrogens is 3. The largest absolute Gasteiger partial charge is 0.465 e. The van der Waals surface area contributed by atoms with Crippen LogP contribution in [0.3, 0.4) is 0 Å². The number of likely N-dealkylation sites (tertiary alicyclic amines) is 1. The molecule has 0 saturated carbocycles. The summed E-state index contributed by atoms with van der Waals surface area (Å²) in [6.07, 6.45) is 1.47. The minimum absolute atomic E-state index is 0.0185. The Morgan fingerprint density at radius 1 is 1.50 bits per heavy atom. The van der Waals surface area contributed by atoms with Crippen LogP contribution < -0.4 is 5.32 Å². The Bertz CT molecular complexity index is 665. The molecule has 1 atom stereocenters. The molecule has 1 unspecified atom stereocenters. The number of hydrogen-bond donors (Lipinski definition) is 2. The summed E-state index contributed by atoms with van der Waals surface area (Å²) in [5.41, 5.74) is 0.583. The van der Waals surface area contributed by atoms with Crippen molar-refractivity contribution in [1.82, 2.24) is 20.1 Å². The normalized spacial score (nSPS) is 18.4. The Balaban J connectivity index is 1.85. The first-order chi connectivity index (χ1) is 9.65. The predicted molar refractivity (Wildman–Crippen MR) is 74.0 cm³/mol. The van der Waals surface area contributed by atoms with Crippen molar-refractivity contribution >= 4 is 34.4 Å². The van der Waals surface area contributed by atoms with Gasteiger partial charge < -0.3 is 15.3 Å². The summed E-state index contributed by atoms with van der Waals surface area (Å²) in [5.74, 6) is 0.578. The molecule has 0 aliphatic carbocycles. The molecule has 1 amide bonds. The number of fused-ring (bicyclic) bond motifs is 1. The van der Waals surface area contributed by atoms with Crippen LogP contribution in [-0.4, -0.2) is 50.4 Å². The molecule has 8 heteroatoms. The highest BCUT2D eigenvalue weighted by molar-refractivity contribution is 6.33. The topological polar surface area (TPSA) is 91.2 Å². The second-order valence-electron chi connectivity index (χ2n) is 4.60. The number of nitrogens with zero attached hydrogens (tertiary/aromatic N) is 4. The zero-order valence-electron chi connectivity index (χ0n) is 10.5. The molecule has 1 aliphatic rings. The molecule has 2 aromatic rings. The van der Waals surface area contributed by atoms with E-state index in [0.29, 0.717) is 24.4 Å². The molecule has 3 rings (SSSR count). The molecule has 1 saturated heterocycles. The molecule has 0 radical (unpaired) electrons. The first-order valence-corrected chi connectivity index (χ1v) is 6.54. The Morgan fingerprint density at radius 2 is 2.35 bits per heavy atom. The zero-order valence-corrected chi connectivity index (χ0v) is 11.2. The lowest BCUT2D eigenvalue weighted by Gasteiger charge is -2.15. The first kappa shape index (κ1) is 12.9.